The topological polar surface area (TPSA) is 67.4 Å². The SMILES string of the molecule is Cc1ccc2oc(C(=O)N3CCc4nnc([C@H]5CCCN(C)C5)n4CC3)cc2c1. The third-order valence-corrected chi connectivity index (χ3v) is 6.21. The lowest BCUT2D eigenvalue weighted by molar-refractivity contribution is 0.0729. The van der Waals surface area contributed by atoms with Gasteiger partial charge in [0.05, 0.1) is 0 Å². The van der Waals surface area contributed by atoms with E-state index in [-0.39, 0.29) is 5.91 Å². The first-order chi connectivity index (χ1) is 14.1. The van der Waals surface area contributed by atoms with Gasteiger partial charge in [0, 0.05) is 43.9 Å². The third kappa shape index (κ3) is 3.44. The van der Waals surface area contributed by atoms with Crippen LogP contribution in [0.5, 0.6) is 0 Å². The van der Waals surface area contributed by atoms with E-state index in [1.54, 1.807) is 0 Å². The molecular formula is C22H27N5O2. The number of carbonyl (C=O) groups excluding carboxylic acids is 1. The summed E-state index contributed by atoms with van der Waals surface area (Å²) in [5.41, 5.74) is 1.92. The van der Waals surface area contributed by atoms with Gasteiger partial charge in [-0.25, -0.2) is 0 Å². The quantitative estimate of drug-likeness (QED) is 0.670. The Morgan fingerprint density at radius 1 is 1.14 bits per heavy atom. The molecule has 1 aromatic carbocycles. The third-order valence-electron chi connectivity index (χ3n) is 6.21. The van der Waals surface area contributed by atoms with Crippen LogP contribution in [0.3, 0.4) is 0 Å². The molecule has 4 heterocycles. The van der Waals surface area contributed by atoms with Crippen molar-refractivity contribution in [2.24, 2.45) is 0 Å². The van der Waals surface area contributed by atoms with Crippen molar-refractivity contribution in [1.82, 2.24) is 24.6 Å². The molecule has 0 bridgehead atoms. The molecule has 1 amide bonds. The van der Waals surface area contributed by atoms with Crippen molar-refractivity contribution >= 4 is 16.9 Å². The second-order valence-electron chi connectivity index (χ2n) is 8.42. The number of hydrogen-bond acceptors (Lipinski definition) is 5. The van der Waals surface area contributed by atoms with Gasteiger partial charge < -0.3 is 18.8 Å². The Bertz CT molecular complexity index is 1050. The van der Waals surface area contributed by atoms with Gasteiger partial charge in [0.2, 0.25) is 0 Å². The number of piperidine rings is 1. The maximum Gasteiger partial charge on any atom is 0.289 e. The molecule has 152 valence electrons. The van der Waals surface area contributed by atoms with Gasteiger partial charge in [-0.1, -0.05) is 11.6 Å². The fourth-order valence-electron chi connectivity index (χ4n) is 4.65. The van der Waals surface area contributed by atoms with Crippen LogP contribution in [0.2, 0.25) is 0 Å². The van der Waals surface area contributed by atoms with Crippen LogP contribution in [0.1, 0.15) is 46.5 Å². The molecule has 5 rings (SSSR count). The molecule has 1 fully saturated rings. The van der Waals surface area contributed by atoms with Crippen LogP contribution < -0.4 is 0 Å². The average molecular weight is 393 g/mol. The molecule has 7 heteroatoms. The monoisotopic (exact) mass is 393 g/mol. The molecule has 0 radical (unpaired) electrons. The van der Waals surface area contributed by atoms with Crippen molar-refractivity contribution in [3.8, 4) is 0 Å². The molecular weight excluding hydrogens is 366 g/mol. The number of furan rings is 1. The van der Waals surface area contributed by atoms with E-state index in [0.717, 1.165) is 60.7 Å². The molecule has 2 aliphatic heterocycles. The van der Waals surface area contributed by atoms with E-state index in [2.05, 4.69) is 26.7 Å². The summed E-state index contributed by atoms with van der Waals surface area (Å²) in [6.45, 7) is 6.24. The van der Waals surface area contributed by atoms with E-state index in [4.69, 9.17) is 4.42 Å². The lowest BCUT2D eigenvalue weighted by Crippen LogP contribution is -2.34. The summed E-state index contributed by atoms with van der Waals surface area (Å²) < 4.78 is 8.09. The number of likely N-dealkylation sites (tertiary alicyclic amines) is 1. The summed E-state index contributed by atoms with van der Waals surface area (Å²) in [7, 11) is 2.17. The van der Waals surface area contributed by atoms with E-state index in [1.165, 1.54) is 6.42 Å². The molecule has 0 saturated carbocycles. The van der Waals surface area contributed by atoms with Crippen LogP contribution in [0.25, 0.3) is 11.0 Å². The van der Waals surface area contributed by atoms with Gasteiger partial charge in [-0.2, -0.15) is 0 Å². The molecule has 0 aliphatic carbocycles. The number of carbonyl (C=O) groups is 1. The lowest BCUT2D eigenvalue weighted by atomic mass is 9.97. The summed E-state index contributed by atoms with van der Waals surface area (Å²) in [6.07, 6.45) is 3.07. The van der Waals surface area contributed by atoms with E-state index < -0.39 is 0 Å². The van der Waals surface area contributed by atoms with Crippen LogP contribution in [0, 0.1) is 6.92 Å². The number of benzene rings is 1. The molecule has 1 atom stereocenters. The summed E-state index contributed by atoms with van der Waals surface area (Å²) in [5.74, 6) is 2.87. The normalized spacial score (nSPS) is 20.6. The molecule has 0 spiro atoms. The molecule has 29 heavy (non-hydrogen) atoms. The molecule has 0 N–H and O–H groups in total. The summed E-state index contributed by atoms with van der Waals surface area (Å²) in [4.78, 5) is 17.3. The Balaban J connectivity index is 1.34. The van der Waals surface area contributed by atoms with Crippen LogP contribution in [0.15, 0.2) is 28.7 Å². The van der Waals surface area contributed by atoms with Gasteiger partial charge in [-0.15, -0.1) is 10.2 Å². The summed E-state index contributed by atoms with van der Waals surface area (Å²) in [6, 6.07) is 7.84. The number of fused-ring (bicyclic) bond motifs is 2. The zero-order chi connectivity index (χ0) is 20.0. The zero-order valence-electron chi connectivity index (χ0n) is 17.1. The van der Waals surface area contributed by atoms with E-state index >= 15 is 0 Å². The second-order valence-corrected chi connectivity index (χ2v) is 8.42. The Labute approximate surface area is 170 Å². The highest BCUT2D eigenvalue weighted by Crippen LogP contribution is 2.27. The molecule has 7 nitrogen and oxygen atoms in total. The van der Waals surface area contributed by atoms with E-state index in [1.807, 2.05) is 36.1 Å². The van der Waals surface area contributed by atoms with Crippen LogP contribution in [0.4, 0.5) is 0 Å². The Morgan fingerprint density at radius 3 is 2.90 bits per heavy atom. The van der Waals surface area contributed by atoms with Crippen LogP contribution >= 0.6 is 0 Å². The minimum absolute atomic E-state index is 0.0449. The van der Waals surface area contributed by atoms with Crippen molar-refractivity contribution in [2.45, 2.75) is 38.6 Å². The van der Waals surface area contributed by atoms with Crippen LogP contribution in [-0.4, -0.2) is 63.7 Å². The Morgan fingerprint density at radius 2 is 2.03 bits per heavy atom. The Kier molecular flexibility index (Phi) is 4.62. The van der Waals surface area contributed by atoms with Gasteiger partial charge in [0.15, 0.2) is 5.76 Å². The molecule has 2 aromatic heterocycles. The van der Waals surface area contributed by atoms with Crippen molar-refractivity contribution in [1.29, 1.82) is 0 Å². The fourth-order valence-corrected chi connectivity index (χ4v) is 4.65. The standard InChI is InChI=1S/C22H27N5O2/c1-15-5-6-18-17(12-15)13-19(29-18)22(28)26-9-7-20-23-24-21(27(20)11-10-26)16-4-3-8-25(2)14-16/h5-6,12-13,16H,3-4,7-11,14H2,1-2H3/t16-/m0/s1. The summed E-state index contributed by atoms with van der Waals surface area (Å²) in [5, 5.41) is 9.96. The highest BCUT2D eigenvalue weighted by Gasteiger charge is 2.29. The lowest BCUT2D eigenvalue weighted by Gasteiger charge is -2.29. The predicted octanol–water partition coefficient (Wildman–Crippen LogP) is 2.84. The maximum absolute atomic E-state index is 13.1. The fraction of sp³-hybridized carbons (Fsp3) is 0.500. The number of nitrogens with zero attached hydrogens (tertiary/aromatic N) is 5. The predicted molar refractivity (Wildman–Crippen MR) is 110 cm³/mol. The number of aromatic nitrogens is 3. The maximum atomic E-state index is 13.1. The van der Waals surface area contributed by atoms with Gasteiger partial charge in [0.25, 0.3) is 5.91 Å². The smallest absolute Gasteiger partial charge is 0.289 e. The second kappa shape index (κ2) is 7.30. The summed E-state index contributed by atoms with van der Waals surface area (Å²) >= 11 is 0. The first kappa shape index (κ1) is 18.4. The molecule has 0 unspecified atom stereocenters. The number of rotatable bonds is 2. The molecule has 2 aliphatic rings. The van der Waals surface area contributed by atoms with Crippen LogP contribution in [-0.2, 0) is 13.0 Å². The zero-order valence-corrected chi connectivity index (χ0v) is 17.1. The molecule has 3 aromatic rings. The van der Waals surface area contributed by atoms with Gasteiger partial charge >= 0.3 is 0 Å². The van der Waals surface area contributed by atoms with Gasteiger partial charge in [0.1, 0.15) is 17.2 Å². The minimum Gasteiger partial charge on any atom is -0.451 e. The first-order valence-electron chi connectivity index (χ1n) is 10.5. The van der Waals surface area contributed by atoms with Crippen molar-refractivity contribution < 1.29 is 9.21 Å². The van der Waals surface area contributed by atoms with Crippen molar-refractivity contribution in [2.75, 3.05) is 33.2 Å². The van der Waals surface area contributed by atoms with Gasteiger partial charge in [-0.05, 0) is 51.6 Å². The van der Waals surface area contributed by atoms with E-state index in [9.17, 15) is 4.79 Å². The van der Waals surface area contributed by atoms with E-state index in [0.29, 0.717) is 24.8 Å². The number of likely N-dealkylation sites (N-methyl/N-ethyl adjacent to an activating group) is 1. The Hall–Kier alpha value is -2.67. The largest absolute Gasteiger partial charge is 0.451 e. The highest BCUT2D eigenvalue weighted by molar-refractivity contribution is 5.96. The van der Waals surface area contributed by atoms with Gasteiger partial charge in [-0.3, -0.25) is 4.79 Å². The minimum atomic E-state index is -0.0449. The van der Waals surface area contributed by atoms with Crippen molar-refractivity contribution in [3.63, 3.8) is 0 Å². The first-order valence-corrected chi connectivity index (χ1v) is 10.5. The molecule has 1 saturated heterocycles. The number of aryl methyl sites for hydroxylation is 1. The average Bonchev–Trinajstić information content (AvgIpc) is 3.25. The van der Waals surface area contributed by atoms with Crippen molar-refractivity contribution in [3.05, 3.63) is 47.2 Å². The number of hydrogen-bond donors (Lipinski definition) is 0. The highest BCUT2D eigenvalue weighted by atomic mass is 16.3. The number of amides is 1.